The summed E-state index contributed by atoms with van der Waals surface area (Å²) in [5.41, 5.74) is 1.06. The third-order valence-corrected chi connectivity index (χ3v) is 2.41. The number of anilines is 1. The highest BCUT2D eigenvalue weighted by Gasteiger charge is 2.05. The van der Waals surface area contributed by atoms with E-state index in [1.54, 1.807) is 7.05 Å². The zero-order valence-corrected chi connectivity index (χ0v) is 10.1. The smallest absolute Gasteiger partial charge is 0.237 e. The van der Waals surface area contributed by atoms with Crippen LogP contribution in [-0.4, -0.2) is 17.0 Å². The predicted octanol–water partition coefficient (Wildman–Crippen LogP) is 2.75. The Balaban J connectivity index is 2.08. The van der Waals surface area contributed by atoms with Crippen LogP contribution >= 0.6 is 11.6 Å². The van der Waals surface area contributed by atoms with Crippen molar-refractivity contribution in [2.24, 2.45) is 0 Å². The van der Waals surface area contributed by atoms with Crippen molar-refractivity contribution < 1.29 is 4.74 Å². The number of benzene rings is 1. The minimum Gasteiger partial charge on any atom is -0.472 e. The van der Waals surface area contributed by atoms with E-state index in [0.717, 1.165) is 5.56 Å². The van der Waals surface area contributed by atoms with Gasteiger partial charge in [0.25, 0.3) is 0 Å². The zero-order chi connectivity index (χ0) is 12.1. The molecule has 0 radical (unpaired) electrons. The molecule has 2 rings (SSSR count). The topological polar surface area (TPSA) is 47.0 Å². The van der Waals surface area contributed by atoms with Gasteiger partial charge in [-0.25, -0.2) is 4.98 Å². The monoisotopic (exact) mass is 249 g/mol. The molecule has 2 aromatic rings. The zero-order valence-electron chi connectivity index (χ0n) is 9.35. The van der Waals surface area contributed by atoms with Crippen LogP contribution in [0.4, 0.5) is 5.95 Å². The number of ether oxygens (including phenoxy) is 1. The first kappa shape index (κ1) is 11.7. The molecule has 1 heterocycles. The largest absolute Gasteiger partial charge is 0.472 e. The van der Waals surface area contributed by atoms with Crippen LogP contribution in [0.3, 0.4) is 0 Å². The lowest BCUT2D eigenvalue weighted by molar-refractivity contribution is 0.294. The molecule has 5 heteroatoms. The second kappa shape index (κ2) is 5.50. The highest BCUT2D eigenvalue weighted by atomic mass is 35.5. The second-order valence-electron chi connectivity index (χ2n) is 3.37. The van der Waals surface area contributed by atoms with Gasteiger partial charge in [-0.3, -0.25) is 0 Å². The third-order valence-electron chi connectivity index (χ3n) is 2.15. The molecule has 0 atom stereocenters. The van der Waals surface area contributed by atoms with Crippen molar-refractivity contribution >= 4 is 17.5 Å². The number of nitrogens with zero attached hydrogens (tertiary/aromatic N) is 2. The van der Waals surface area contributed by atoms with Crippen molar-refractivity contribution in [2.75, 3.05) is 12.4 Å². The maximum atomic E-state index is 5.94. The van der Waals surface area contributed by atoms with Gasteiger partial charge in [-0.15, -0.1) is 0 Å². The Morgan fingerprint density at radius 3 is 2.76 bits per heavy atom. The molecule has 17 heavy (non-hydrogen) atoms. The van der Waals surface area contributed by atoms with E-state index in [1.807, 2.05) is 30.3 Å². The number of hydrogen-bond acceptors (Lipinski definition) is 4. The first-order valence-corrected chi connectivity index (χ1v) is 5.54. The molecular formula is C12H12ClN3O. The SMILES string of the molecule is CNc1ncc(Cl)c(OCc2ccccc2)n1. The van der Waals surface area contributed by atoms with Gasteiger partial charge in [0, 0.05) is 7.05 Å². The fraction of sp³-hybridized carbons (Fsp3) is 0.167. The standard InChI is InChI=1S/C12H12ClN3O/c1-14-12-15-7-10(13)11(16-12)17-8-9-5-3-2-4-6-9/h2-7H,8H2,1H3,(H,14,15,16). The maximum Gasteiger partial charge on any atom is 0.237 e. The first-order valence-electron chi connectivity index (χ1n) is 5.16. The summed E-state index contributed by atoms with van der Waals surface area (Å²) in [6, 6.07) is 9.83. The van der Waals surface area contributed by atoms with E-state index in [2.05, 4.69) is 15.3 Å². The van der Waals surface area contributed by atoms with E-state index in [-0.39, 0.29) is 0 Å². The van der Waals surface area contributed by atoms with Gasteiger partial charge in [-0.05, 0) is 5.56 Å². The lowest BCUT2D eigenvalue weighted by atomic mass is 10.2. The number of halogens is 1. The Hall–Kier alpha value is -1.81. The number of aromatic nitrogens is 2. The Kier molecular flexibility index (Phi) is 3.77. The normalized spacial score (nSPS) is 10.0. The predicted molar refractivity (Wildman–Crippen MR) is 67.4 cm³/mol. The fourth-order valence-electron chi connectivity index (χ4n) is 1.30. The van der Waals surface area contributed by atoms with Gasteiger partial charge in [0.1, 0.15) is 11.6 Å². The molecule has 88 valence electrons. The summed E-state index contributed by atoms with van der Waals surface area (Å²) in [6.07, 6.45) is 1.51. The van der Waals surface area contributed by atoms with Crippen LogP contribution in [0.5, 0.6) is 5.88 Å². The minimum atomic E-state index is 0.384. The average Bonchev–Trinajstić information content (AvgIpc) is 2.39. The lowest BCUT2D eigenvalue weighted by Crippen LogP contribution is -2.01. The number of nitrogens with one attached hydrogen (secondary N) is 1. The molecule has 0 aliphatic heterocycles. The summed E-state index contributed by atoms with van der Waals surface area (Å²) >= 11 is 5.94. The second-order valence-corrected chi connectivity index (χ2v) is 3.78. The summed E-state index contributed by atoms with van der Waals surface area (Å²) < 4.78 is 5.54. The first-order chi connectivity index (χ1) is 8.29. The van der Waals surface area contributed by atoms with E-state index in [0.29, 0.717) is 23.5 Å². The molecule has 0 unspecified atom stereocenters. The van der Waals surface area contributed by atoms with Gasteiger partial charge < -0.3 is 10.1 Å². The van der Waals surface area contributed by atoms with Crippen LogP contribution < -0.4 is 10.1 Å². The molecule has 1 aromatic carbocycles. The average molecular weight is 250 g/mol. The van der Waals surface area contributed by atoms with Crippen LogP contribution in [0.2, 0.25) is 5.02 Å². The van der Waals surface area contributed by atoms with E-state index in [1.165, 1.54) is 6.20 Å². The molecule has 0 saturated heterocycles. The van der Waals surface area contributed by atoms with Crippen molar-refractivity contribution in [3.63, 3.8) is 0 Å². The van der Waals surface area contributed by atoms with Gasteiger partial charge in [-0.2, -0.15) is 4.98 Å². The van der Waals surface area contributed by atoms with Crippen molar-refractivity contribution in [1.29, 1.82) is 0 Å². The summed E-state index contributed by atoms with van der Waals surface area (Å²) in [5, 5.41) is 3.23. The van der Waals surface area contributed by atoms with Crippen molar-refractivity contribution in [3.05, 3.63) is 47.1 Å². The molecule has 1 aromatic heterocycles. The Morgan fingerprint density at radius 1 is 1.29 bits per heavy atom. The van der Waals surface area contributed by atoms with Crippen LogP contribution in [0.25, 0.3) is 0 Å². The molecule has 0 spiro atoms. The number of rotatable bonds is 4. The van der Waals surface area contributed by atoms with E-state index < -0.39 is 0 Å². The molecule has 0 aliphatic rings. The highest BCUT2D eigenvalue weighted by molar-refractivity contribution is 6.31. The van der Waals surface area contributed by atoms with Gasteiger partial charge in [0.05, 0.1) is 6.20 Å². The molecule has 0 bridgehead atoms. The summed E-state index contributed by atoms with van der Waals surface area (Å²) in [7, 11) is 1.74. The fourth-order valence-corrected chi connectivity index (χ4v) is 1.44. The van der Waals surface area contributed by atoms with Crippen molar-refractivity contribution in [1.82, 2.24) is 9.97 Å². The number of hydrogen-bond donors (Lipinski definition) is 1. The maximum absolute atomic E-state index is 5.94. The third kappa shape index (κ3) is 3.07. The van der Waals surface area contributed by atoms with E-state index >= 15 is 0 Å². The van der Waals surface area contributed by atoms with Crippen LogP contribution in [0.15, 0.2) is 36.5 Å². The van der Waals surface area contributed by atoms with Gasteiger partial charge in [-0.1, -0.05) is 41.9 Å². The molecule has 0 saturated carbocycles. The van der Waals surface area contributed by atoms with E-state index in [4.69, 9.17) is 16.3 Å². The van der Waals surface area contributed by atoms with Gasteiger partial charge >= 0.3 is 0 Å². The Bertz CT molecular complexity index is 490. The minimum absolute atomic E-state index is 0.384. The highest BCUT2D eigenvalue weighted by Crippen LogP contribution is 2.22. The van der Waals surface area contributed by atoms with E-state index in [9.17, 15) is 0 Å². The van der Waals surface area contributed by atoms with Crippen molar-refractivity contribution in [3.8, 4) is 5.88 Å². The summed E-state index contributed by atoms with van der Waals surface area (Å²) in [6.45, 7) is 0.431. The molecule has 4 nitrogen and oxygen atoms in total. The Labute approximate surface area is 105 Å². The molecule has 1 N–H and O–H groups in total. The van der Waals surface area contributed by atoms with Gasteiger partial charge in [0.15, 0.2) is 0 Å². The lowest BCUT2D eigenvalue weighted by Gasteiger charge is -2.07. The van der Waals surface area contributed by atoms with Crippen LogP contribution in [-0.2, 0) is 6.61 Å². The summed E-state index contributed by atoms with van der Waals surface area (Å²) in [4.78, 5) is 8.11. The molecular weight excluding hydrogens is 238 g/mol. The summed E-state index contributed by atoms with van der Waals surface area (Å²) in [5.74, 6) is 0.868. The Morgan fingerprint density at radius 2 is 2.06 bits per heavy atom. The molecule has 0 fully saturated rings. The van der Waals surface area contributed by atoms with Gasteiger partial charge in [0.2, 0.25) is 11.8 Å². The van der Waals surface area contributed by atoms with Crippen LogP contribution in [0.1, 0.15) is 5.56 Å². The van der Waals surface area contributed by atoms with Crippen molar-refractivity contribution in [2.45, 2.75) is 6.61 Å². The molecule has 0 amide bonds. The molecule has 0 aliphatic carbocycles. The quantitative estimate of drug-likeness (QED) is 0.905. The van der Waals surface area contributed by atoms with Crippen LogP contribution in [0, 0.1) is 0 Å².